The fourth-order valence-electron chi connectivity index (χ4n) is 3.62. The third-order valence-corrected chi connectivity index (χ3v) is 4.59. The minimum atomic E-state index is 0.256. The maximum atomic E-state index is 5.81. The number of allylic oxidation sites excluding steroid dienone is 1. The SMILES string of the molecule is CCC1CCCC2(C)C(OCOC)C=CC12. The first-order chi connectivity index (χ1) is 7.72. The van der Waals surface area contributed by atoms with Crippen LogP contribution < -0.4 is 0 Å². The van der Waals surface area contributed by atoms with Crippen molar-refractivity contribution >= 4 is 0 Å². The highest BCUT2D eigenvalue weighted by Gasteiger charge is 2.48. The van der Waals surface area contributed by atoms with Crippen molar-refractivity contribution in [2.45, 2.75) is 45.6 Å². The number of fused-ring (bicyclic) bond motifs is 1. The van der Waals surface area contributed by atoms with E-state index in [1.165, 1.54) is 25.7 Å². The van der Waals surface area contributed by atoms with Crippen LogP contribution in [0.4, 0.5) is 0 Å². The molecule has 0 aromatic heterocycles. The van der Waals surface area contributed by atoms with Crippen LogP contribution in [0.3, 0.4) is 0 Å². The third kappa shape index (κ3) is 1.93. The Morgan fingerprint density at radius 1 is 1.38 bits per heavy atom. The molecule has 1 fully saturated rings. The average Bonchev–Trinajstić information content (AvgIpc) is 2.63. The molecule has 4 unspecified atom stereocenters. The van der Waals surface area contributed by atoms with Gasteiger partial charge in [0.25, 0.3) is 0 Å². The van der Waals surface area contributed by atoms with Crippen molar-refractivity contribution < 1.29 is 9.47 Å². The summed E-state index contributed by atoms with van der Waals surface area (Å²) in [7, 11) is 1.69. The highest BCUT2D eigenvalue weighted by Crippen LogP contribution is 2.52. The Bertz CT molecular complexity index is 261. The second kappa shape index (κ2) is 4.89. The highest BCUT2D eigenvalue weighted by atomic mass is 16.7. The number of hydrogen-bond donors (Lipinski definition) is 0. The Kier molecular flexibility index (Phi) is 3.70. The molecule has 0 heterocycles. The highest BCUT2D eigenvalue weighted by molar-refractivity contribution is 5.17. The molecule has 0 aromatic carbocycles. The van der Waals surface area contributed by atoms with Crippen LogP contribution in [0.25, 0.3) is 0 Å². The topological polar surface area (TPSA) is 18.5 Å². The Labute approximate surface area is 99.0 Å². The summed E-state index contributed by atoms with van der Waals surface area (Å²) >= 11 is 0. The van der Waals surface area contributed by atoms with E-state index in [-0.39, 0.29) is 6.10 Å². The summed E-state index contributed by atoms with van der Waals surface area (Å²) in [6.45, 7) is 5.11. The molecule has 0 amide bonds. The predicted molar refractivity (Wildman–Crippen MR) is 65.1 cm³/mol. The zero-order chi connectivity index (χ0) is 11.6. The molecule has 4 atom stereocenters. The Balaban J connectivity index is 2.08. The number of methoxy groups -OCH3 is 1. The fraction of sp³-hybridized carbons (Fsp3) is 0.857. The molecule has 2 nitrogen and oxygen atoms in total. The Morgan fingerprint density at radius 3 is 2.88 bits per heavy atom. The summed E-state index contributed by atoms with van der Waals surface area (Å²) in [6, 6.07) is 0. The van der Waals surface area contributed by atoms with Gasteiger partial charge in [-0.3, -0.25) is 0 Å². The van der Waals surface area contributed by atoms with Crippen LogP contribution >= 0.6 is 0 Å². The predicted octanol–water partition coefficient (Wildman–Crippen LogP) is 3.38. The van der Waals surface area contributed by atoms with Gasteiger partial charge in [0.15, 0.2) is 0 Å². The summed E-state index contributed by atoms with van der Waals surface area (Å²) in [4.78, 5) is 0. The first-order valence-electron chi connectivity index (χ1n) is 6.51. The third-order valence-electron chi connectivity index (χ3n) is 4.59. The van der Waals surface area contributed by atoms with E-state index in [0.717, 1.165) is 5.92 Å². The molecule has 2 aliphatic rings. The van der Waals surface area contributed by atoms with Gasteiger partial charge in [0.05, 0.1) is 6.10 Å². The summed E-state index contributed by atoms with van der Waals surface area (Å²) in [5.74, 6) is 1.57. The molecule has 0 radical (unpaired) electrons. The number of rotatable bonds is 4. The van der Waals surface area contributed by atoms with Crippen molar-refractivity contribution in [3.63, 3.8) is 0 Å². The van der Waals surface area contributed by atoms with Gasteiger partial charge < -0.3 is 9.47 Å². The smallest absolute Gasteiger partial charge is 0.147 e. The largest absolute Gasteiger partial charge is 0.359 e. The van der Waals surface area contributed by atoms with Crippen molar-refractivity contribution in [3.8, 4) is 0 Å². The molecule has 2 aliphatic carbocycles. The second-order valence-electron chi connectivity index (χ2n) is 5.47. The van der Waals surface area contributed by atoms with Crippen molar-refractivity contribution in [2.24, 2.45) is 17.3 Å². The molecule has 2 rings (SSSR count). The maximum Gasteiger partial charge on any atom is 0.147 e. The molecule has 0 saturated heterocycles. The minimum Gasteiger partial charge on any atom is -0.359 e. The van der Waals surface area contributed by atoms with Crippen molar-refractivity contribution in [1.29, 1.82) is 0 Å². The molecule has 0 N–H and O–H groups in total. The lowest BCUT2D eigenvalue weighted by molar-refractivity contribution is -0.112. The summed E-state index contributed by atoms with van der Waals surface area (Å²) in [5.41, 5.74) is 0.317. The van der Waals surface area contributed by atoms with Gasteiger partial charge in [-0.15, -0.1) is 0 Å². The van der Waals surface area contributed by atoms with Gasteiger partial charge >= 0.3 is 0 Å². The quantitative estimate of drug-likeness (QED) is 0.538. The summed E-state index contributed by atoms with van der Waals surface area (Å²) in [5, 5.41) is 0. The van der Waals surface area contributed by atoms with E-state index in [1.54, 1.807) is 7.11 Å². The normalized spacial score (nSPS) is 42.3. The number of hydrogen-bond acceptors (Lipinski definition) is 2. The molecule has 1 saturated carbocycles. The molecule has 0 bridgehead atoms. The van der Waals surface area contributed by atoms with E-state index in [1.807, 2.05) is 0 Å². The van der Waals surface area contributed by atoms with Crippen LogP contribution in [0.5, 0.6) is 0 Å². The van der Waals surface area contributed by atoms with Gasteiger partial charge in [-0.2, -0.15) is 0 Å². The molecular weight excluding hydrogens is 200 g/mol. The van der Waals surface area contributed by atoms with Gasteiger partial charge in [-0.25, -0.2) is 0 Å². The first kappa shape index (κ1) is 12.1. The average molecular weight is 224 g/mol. The zero-order valence-corrected chi connectivity index (χ0v) is 10.7. The van der Waals surface area contributed by atoms with Gasteiger partial charge in [-0.1, -0.05) is 38.8 Å². The lowest BCUT2D eigenvalue weighted by atomic mass is 9.62. The van der Waals surface area contributed by atoms with Crippen LogP contribution in [-0.4, -0.2) is 20.0 Å². The Hall–Kier alpha value is -0.340. The first-order valence-corrected chi connectivity index (χ1v) is 6.51. The monoisotopic (exact) mass is 224 g/mol. The van der Waals surface area contributed by atoms with E-state index >= 15 is 0 Å². The maximum absolute atomic E-state index is 5.81. The van der Waals surface area contributed by atoms with E-state index in [2.05, 4.69) is 26.0 Å². The van der Waals surface area contributed by atoms with Gasteiger partial charge in [0, 0.05) is 12.5 Å². The molecule has 0 aromatic rings. The number of ether oxygens (including phenoxy) is 2. The van der Waals surface area contributed by atoms with E-state index < -0.39 is 0 Å². The van der Waals surface area contributed by atoms with Crippen LogP contribution in [-0.2, 0) is 9.47 Å². The lowest BCUT2D eigenvalue weighted by Crippen LogP contribution is -2.41. The Morgan fingerprint density at radius 2 is 2.19 bits per heavy atom. The van der Waals surface area contributed by atoms with Gasteiger partial charge in [-0.05, 0) is 24.7 Å². The fourth-order valence-corrected chi connectivity index (χ4v) is 3.62. The second-order valence-corrected chi connectivity index (χ2v) is 5.47. The molecule has 92 valence electrons. The van der Waals surface area contributed by atoms with Crippen molar-refractivity contribution in [1.82, 2.24) is 0 Å². The van der Waals surface area contributed by atoms with Crippen molar-refractivity contribution in [2.75, 3.05) is 13.9 Å². The van der Waals surface area contributed by atoms with Crippen LogP contribution in [0, 0.1) is 17.3 Å². The van der Waals surface area contributed by atoms with Crippen LogP contribution in [0.2, 0.25) is 0 Å². The molecular formula is C14H24O2. The van der Waals surface area contributed by atoms with E-state index in [9.17, 15) is 0 Å². The lowest BCUT2D eigenvalue weighted by Gasteiger charge is -2.44. The van der Waals surface area contributed by atoms with Crippen LogP contribution in [0.15, 0.2) is 12.2 Å². The molecule has 2 heteroatoms. The molecule has 0 spiro atoms. The van der Waals surface area contributed by atoms with Crippen LogP contribution in [0.1, 0.15) is 39.5 Å². The molecule has 0 aliphatic heterocycles. The zero-order valence-electron chi connectivity index (χ0n) is 10.7. The summed E-state index contributed by atoms with van der Waals surface area (Å²) in [6.07, 6.45) is 10.2. The standard InChI is InChI=1S/C14H24O2/c1-4-11-6-5-9-14(2)12(11)7-8-13(14)16-10-15-3/h7-8,11-13H,4-6,9-10H2,1-3H3. The summed E-state index contributed by atoms with van der Waals surface area (Å²) < 4.78 is 10.8. The van der Waals surface area contributed by atoms with Gasteiger partial charge in [0.1, 0.15) is 6.79 Å². The van der Waals surface area contributed by atoms with E-state index in [0.29, 0.717) is 18.1 Å². The molecule has 16 heavy (non-hydrogen) atoms. The van der Waals surface area contributed by atoms with E-state index in [4.69, 9.17) is 9.47 Å². The van der Waals surface area contributed by atoms with Crippen molar-refractivity contribution in [3.05, 3.63) is 12.2 Å². The van der Waals surface area contributed by atoms with Gasteiger partial charge in [0.2, 0.25) is 0 Å². The minimum absolute atomic E-state index is 0.256.